The highest BCUT2D eigenvalue weighted by Crippen LogP contribution is 2.22. The van der Waals surface area contributed by atoms with Crippen LogP contribution in [0.25, 0.3) is 11.5 Å². The number of hydrogen-bond donors (Lipinski definition) is 3. The highest BCUT2D eigenvalue weighted by Gasteiger charge is 2.21. The van der Waals surface area contributed by atoms with E-state index in [2.05, 4.69) is 20.9 Å². The van der Waals surface area contributed by atoms with Crippen LogP contribution in [0.5, 0.6) is 5.75 Å². The monoisotopic (exact) mass is 421 g/mol. The van der Waals surface area contributed by atoms with Gasteiger partial charge in [0.05, 0.1) is 12.8 Å². The lowest BCUT2D eigenvalue weighted by molar-refractivity contribution is 0.251. The van der Waals surface area contributed by atoms with E-state index in [-0.39, 0.29) is 12.1 Å². The van der Waals surface area contributed by atoms with Crippen molar-refractivity contribution in [1.82, 2.24) is 15.6 Å². The Bertz CT molecular complexity index is 1060. The fourth-order valence-electron chi connectivity index (χ4n) is 3.24. The van der Waals surface area contributed by atoms with Gasteiger partial charge in [0.1, 0.15) is 12.0 Å². The van der Waals surface area contributed by atoms with Crippen LogP contribution in [0.2, 0.25) is 0 Å². The van der Waals surface area contributed by atoms with Crippen LogP contribution in [0.3, 0.4) is 0 Å². The van der Waals surface area contributed by atoms with Crippen molar-refractivity contribution in [3.05, 3.63) is 60.5 Å². The van der Waals surface area contributed by atoms with Crippen LogP contribution in [-0.4, -0.2) is 43.8 Å². The summed E-state index contributed by atoms with van der Waals surface area (Å²) in [6, 6.07) is 14.1. The molecule has 0 unspecified atom stereocenters. The molecule has 4 amide bonds. The smallest absolute Gasteiger partial charge is 0.321 e. The number of oxazole rings is 1. The predicted molar refractivity (Wildman–Crippen MR) is 116 cm³/mol. The van der Waals surface area contributed by atoms with E-state index in [1.807, 2.05) is 30.3 Å². The van der Waals surface area contributed by atoms with Crippen LogP contribution < -0.4 is 25.6 Å². The lowest BCUT2D eigenvalue weighted by Gasteiger charge is -2.15. The molecule has 0 saturated carbocycles. The zero-order valence-corrected chi connectivity index (χ0v) is 17.1. The molecule has 9 nitrogen and oxygen atoms in total. The molecule has 1 saturated heterocycles. The summed E-state index contributed by atoms with van der Waals surface area (Å²) in [4.78, 5) is 30.1. The lowest BCUT2D eigenvalue weighted by Crippen LogP contribution is -2.31. The van der Waals surface area contributed by atoms with Crippen molar-refractivity contribution in [3.63, 3.8) is 0 Å². The Kier molecular flexibility index (Phi) is 6.02. The molecular weight excluding hydrogens is 398 g/mol. The number of carbonyl (C=O) groups excluding carboxylic acids is 2. The van der Waals surface area contributed by atoms with Gasteiger partial charge in [-0.1, -0.05) is 6.07 Å². The number of benzene rings is 2. The summed E-state index contributed by atoms with van der Waals surface area (Å²) < 4.78 is 10.7. The third-order valence-electron chi connectivity index (χ3n) is 4.83. The Hall–Kier alpha value is -4.01. The first-order valence-electron chi connectivity index (χ1n) is 9.91. The van der Waals surface area contributed by atoms with Crippen LogP contribution in [0.15, 0.2) is 59.2 Å². The third-order valence-corrected chi connectivity index (χ3v) is 4.83. The number of carbonyl (C=O) groups is 2. The summed E-state index contributed by atoms with van der Waals surface area (Å²) in [5.74, 6) is 1.28. The maximum atomic E-state index is 12.2. The van der Waals surface area contributed by atoms with Gasteiger partial charge >= 0.3 is 12.1 Å². The Labute approximate surface area is 179 Å². The molecule has 3 aromatic rings. The average Bonchev–Trinajstić information content (AvgIpc) is 3.43. The van der Waals surface area contributed by atoms with Crippen molar-refractivity contribution >= 4 is 23.4 Å². The number of ether oxygens (including phenoxy) is 1. The molecular formula is C22H23N5O4. The number of hydrogen-bond acceptors (Lipinski definition) is 5. The first-order valence-corrected chi connectivity index (χ1v) is 9.91. The number of amides is 4. The Morgan fingerprint density at radius 3 is 2.84 bits per heavy atom. The van der Waals surface area contributed by atoms with E-state index in [0.29, 0.717) is 37.6 Å². The normalized spacial score (nSPS) is 13.1. The Morgan fingerprint density at radius 1 is 1.26 bits per heavy atom. The van der Waals surface area contributed by atoms with Gasteiger partial charge in [0, 0.05) is 43.0 Å². The topological polar surface area (TPSA) is 109 Å². The van der Waals surface area contributed by atoms with Crippen LogP contribution in [0.4, 0.5) is 21.0 Å². The fraction of sp³-hybridized carbons (Fsp3) is 0.227. The fourth-order valence-corrected chi connectivity index (χ4v) is 3.24. The summed E-state index contributed by atoms with van der Waals surface area (Å²) in [6.07, 6.45) is 2.12. The summed E-state index contributed by atoms with van der Waals surface area (Å²) in [6.45, 7) is 1.61. The standard InChI is InChI=1S/C22H23N5O4/c1-30-19-7-5-15(6-8-19)20-25-17(14-31-20)9-10-23-21(28)26-16-3-2-4-18(13-16)27-12-11-24-22(27)29/h2-8,13-14H,9-12H2,1H3,(H,24,29)(H2,23,26,28). The van der Waals surface area contributed by atoms with Crippen molar-refractivity contribution in [3.8, 4) is 17.2 Å². The SMILES string of the molecule is COc1ccc(-c2nc(CCNC(=O)Nc3cccc(N4CCNC4=O)c3)co2)cc1. The van der Waals surface area contributed by atoms with Gasteiger partial charge in [-0.25, -0.2) is 14.6 Å². The average molecular weight is 421 g/mol. The highest BCUT2D eigenvalue weighted by molar-refractivity contribution is 5.95. The molecule has 0 spiro atoms. The maximum Gasteiger partial charge on any atom is 0.321 e. The third kappa shape index (κ3) is 4.95. The molecule has 9 heteroatoms. The number of anilines is 2. The molecule has 1 aliphatic rings. The Balaban J connectivity index is 1.27. The van der Waals surface area contributed by atoms with E-state index >= 15 is 0 Å². The molecule has 4 rings (SSSR count). The van der Waals surface area contributed by atoms with Crippen LogP contribution >= 0.6 is 0 Å². The molecule has 0 bridgehead atoms. The van der Waals surface area contributed by atoms with Gasteiger partial charge in [-0.05, 0) is 42.5 Å². The van der Waals surface area contributed by atoms with E-state index in [9.17, 15) is 9.59 Å². The first kappa shape index (κ1) is 20.3. The van der Waals surface area contributed by atoms with Crippen molar-refractivity contribution in [2.75, 3.05) is 37.0 Å². The van der Waals surface area contributed by atoms with Gasteiger partial charge in [-0.2, -0.15) is 0 Å². The van der Waals surface area contributed by atoms with Crippen molar-refractivity contribution in [2.45, 2.75) is 6.42 Å². The number of nitrogens with one attached hydrogen (secondary N) is 3. The molecule has 2 aromatic carbocycles. The molecule has 0 aliphatic carbocycles. The summed E-state index contributed by atoms with van der Waals surface area (Å²) in [5, 5.41) is 8.34. The summed E-state index contributed by atoms with van der Waals surface area (Å²) in [5.41, 5.74) is 2.94. The number of urea groups is 2. The molecule has 2 heterocycles. The maximum absolute atomic E-state index is 12.2. The van der Waals surface area contributed by atoms with Gasteiger partial charge in [-0.15, -0.1) is 0 Å². The van der Waals surface area contributed by atoms with Gasteiger partial charge in [0.25, 0.3) is 0 Å². The molecule has 1 aliphatic heterocycles. The largest absolute Gasteiger partial charge is 0.497 e. The number of rotatable bonds is 7. The van der Waals surface area contributed by atoms with Gasteiger partial charge in [0.15, 0.2) is 0 Å². The van der Waals surface area contributed by atoms with Gasteiger partial charge < -0.3 is 25.1 Å². The highest BCUT2D eigenvalue weighted by atomic mass is 16.5. The number of methoxy groups -OCH3 is 1. The van der Waals surface area contributed by atoms with Gasteiger partial charge in [-0.3, -0.25) is 4.90 Å². The molecule has 31 heavy (non-hydrogen) atoms. The Morgan fingerprint density at radius 2 is 2.10 bits per heavy atom. The zero-order valence-electron chi connectivity index (χ0n) is 17.1. The molecule has 0 atom stereocenters. The van der Waals surface area contributed by atoms with E-state index in [4.69, 9.17) is 9.15 Å². The predicted octanol–water partition coefficient (Wildman–Crippen LogP) is 3.24. The second-order valence-electron chi connectivity index (χ2n) is 6.94. The summed E-state index contributed by atoms with van der Waals surface area (Å²) >= 11 is 0. The zero-order chi connectivity index (χ0) is 21.6. The molecule has 1 fully saturated rings. The molecule has 1 aromatic heterocycles. The minimum absolute atomic E-state index is 0.136. The summed E-state index contributed by atoms with van der Waals surface area (Å²) in [7, 11) is 1.62. The van der Waals surface area contributed by atoms with E-state index in [1.165, 1.54) is 0 Å². The van der Waals surface area contributed by atoms with Crippen LogP contribution in [-0.2, 0) is 6.42 Å². The van der Waals surface area contributed by atoms with Crippen LogP contribution in [0.1, 0.15) is 5.69 Å². The van der Waals surface area contributed by atoms with Crippen molar-refractivity contribution in [1.29, 1.82) is 0 Å². The quantitative estimate of drug-likeness (QED) is 0.543. The van der Waals surface area contributed by atoms with Crippen molar-refractivity contribution < 1.29 is 18.7 Å². The second-order valence-corrected chi connectivity index (χ2v) is 6.94. The second kappa shape index (κ2) is 9.21. The van der Waals surface area contributed by atoms with E-state index in [1.54, 1.807) is 36.5 Å². The van der Waals surface area contributed by atoms with Gasteiger partial charge in [0.2, 0.25) is 5.89 Å². The first-order chi connectivity index (χ1) is 15.1. The van der Waals surface area contributed by atoms with Crippen LogP contribution in [0, 0.1) is 0 Å². The molecule has 160 valence electrons. The minimum atomic E-state index is -0.332. The molecule has 0 radical (unpaired) electrons. The van der Waals surface area contributed by atoms with Crippen molar-refractivity contribution in [2.24, 2.45) is 0 Å². The van der Waals surface area contributed by atoms with E-state index < -0.39 is 0 Å². The number of aromatic nitrogens is 1. The molecule has 3 N–H and O–H groups in total. The lowest BCUT2D eigenvalue weighted by atomic mass is 10.2. The number of nitrogens with zero attached hydrogens (tertiary/aromatic N) is 2. The van der Waals surface area contributed by atoms with E-state index in [0.717, 1.165) is 22.7 Å². The minimum Gasteiger partial charge on any atom is -0.497 e.